The van der Waals surface area contributed by atoms with Crippen molar-refractivity contribution < 1.29 is 0 Å². The maximum absolute atomic E-state index is 6.21. The third-order valence-electron chi connectivity index (χ3n) is 3.91. The second-order valence-electron chi connectivity index (χ2n) is 5.53. The van der Waals surface area contributed by atoms with Gasteiger partial charge in [0, 0.05) is 5.54 Å². The topological polar surface area (TPSA) is 26.0 Å². The Labute approximate surface area is 70.4 Å². The summed E-state index contributed by atoms with van der Waals surface area (Å²) in [5.74, 6) is 0. The largest absolute Gasteiger partial charge is 0.325 e. The summed E-state index contributed by atoms with van der Waals surface area (Å²) in [6, 6.07) is 0. The van der Waals surface area contributed by atoms with Crippen molar-refractivity contribution in [3.05, 3.63) is 0 Å². The Morgan fingerprint density at radius 2 is 1.36 bits per heavy atom. The molecule has 0 saturated heterocycles. The Morgan fingerprint density at radius 1 is 1.00 bits per heavy atom. The molecule has 0 bridgehead atoms. The third-order valence-corrected chi connectivity index (χ3v) is 3.91. The summed E-state index contributed by atoms with van der Waals surface area (Å²) < 4.78 is 0. The highest BCUT2D eigenvalue weighted by molar-refractivity contribution is 5.12. The zero-order chi connectivity index (χ0) is 8.91. The number of rotatable bonds is 1. The molecular formula is C10H21N. The molecule has 1 aliphatic rings. The van der Waals surface area contributed by atoms with Gasteiger partial charge < -0.3 is 5.73 Å². The first-order valence-electron chi connectivity index (χ1n) is 4.50. The summed E-state index contributed by atoms with van der Waals surface area (Å²) in [7, 11) is 0. The SMILES string of the molecule is CC(C)(C)C(C)(C)C1(N)CC1. The normalized spacial score (nSPS) is 23.5. The predicted molar refractivity (Wildman–Crippen MR) is 49.4 cm³/mol. The lowest BCUT2D eigenvalue weighted by molar-refractivity contribution is 0.0843. The first kappa shape index (κ1) is 9.05. The number of hydrogen-bond donors (Lipinski definition) is 1. The first-order chi connectivity index (χ1) is 4.71. The van der Waals surface area contributed by atoms with Crippen LogP contribution in [-0.4, -0.2) is 5.54 Å². The molecule has 0 aromatic rings. The van der Waals surface area contributed by atoms with E-state index in [1.165, 1.54) is 12.8 Å². The van der Waals surface area contributed by atoms with Crippen molar-refractivity contribution in [2.75, 3.05) is 0 Å². The van der Waals surface area contributed by atoms with Crippen molar-refractivity contribution in [3.63, 3.8) is 0 Å². The van der Waals surface area contributed by atoms with E-state index in [4.69, 9.17) is 5.73 Å². The number of hydrogen-bond acceptors (Lipinski definition) is 1. The molecule has 1 heteroatoms. The predicted octanol–water partition coefficient (Wildman–Crippen LogP) is 2.55. The monoisotopic (exact) mass is 155 g/mol. The lowest BCUT2D eigenvalue weighted by Crippen LogP contribution is -2.48. The van der Waals surface area contributed by atoms with Gasteiger partial charge in [0.15, 0.2) is 0 Å². The maximum Gasteiger partial charge on any atom is 0.0212 e. The number of nitrogens with two attached hydrogens (primary N) is 1. The van der Waals surface area contributed by atoms with Gasteiger partial charge in [0.2, 0.25) is 0 Å². The molecule has 0 atom stereocenters. The van der Waals surface area contributed by atoms with Crippen molar-refractivity contribution in [2.24, 2.45) is 16.6 Å². The minimum atomic E-state index is 0.130. The summed E-state index contributed by atoms with van der Waals surface area (Å²) in [4.78, 5) is 0. The molecule has 0 amide bonds. The second kappa shape index (κ2) is 2.01. The Balaban J connectivity index is 2.82. The third kappa shape index (κ3) is 1.20. The lowest BCUT2D eigenvalue weighted by atomic mass is 9.63. The van der Waals surface area contributed by atoms with Gasteiger partial charge in [-0.2, -0.15) is 0 Å². The molecule has 0 radical (unpaired) electrons. The summed E-state index contributed by atoms with van der Waals surface area (Å²) >= 11 is 0. The smallest absolute Gasteiger partial charge is 0.0212 e. The average molecular weight is 155 g/mol. The van der Waals surface area contributed by atoms with Crippen LogP contribution in [0.4, 0.5) is 0 Å². The van der Waals surface area contributed by atoms with E-state index >= 15 is 0 Å². The van der Waals surface area contributed by atoms with Gasteiger partial charge >= 0.3 is 0 Å². The summed E-state index contributed by atoms with van der Waals surface area (Å²) in [5.41, 5.74) is 6.92. The summed E-state index contributed by atoms with van der Waals surface area (Å²) in [6.07, 6.45) is 2.41. The van der Waals surface area contributed by atoms with Crippen molar-refractivity contribution in [2.45, 2.75) is 53.0 Å². The summed E-state index contributed by atoms with van der Waals surface area (Å²) in [5, 5.41) is 0. The Bertz CT molecular complexity index is 151. The minimum Gasteiger partial charge on any atom is -0.325 e. The van der Waals surface area contributed by atoms with Crippen molar-refractivity contribution in [1.29, 1.82) is 0 Å². The van der Waals surface area contributed by atoms with Crippen LogP contribution >= 0.6 is 0 Å². The van der Waals surface area contributed by atoms with Crippen LogP contribution in [0.1, 0.15) is 47.5 Å². The molecule has 0 unspecified atom stereocenters. The van der Waals surface area contributed by atoms with Crippen LogP contribution in [0.3, 0.4) is 0 Å². The van der Waals surface area contributed by atoms with Crippen LogP contribution in [0, 0.1) is 10.8 Å². The van der Waals surface area contributed by atoms with Crippen molar-refractivity contribution in [1.82, 2.24) is 0 Å². The molecule has 11 heavy (non-hydrogen) atoms. The molecule has 66 valence electrons. The molecule has 1 saturated carbocycles. The van der Waals surface area contributed by atoms with Gasteiger partial charge in [0.1, 0.15) is 0 Å². The maximum atomic E-state index is 6.21. The first-order valence-corrected chi connectivity index (χ1v) is 4.50. The molecule has 2 N–H and O–H groups in total. The molecule has 0 heterocycles. The quantitative estimate of drug-likeness (QED) is 0.618. The van der Waals surface area contributed by atoms with Crippen LogP contribution in [0.25, 0.3) is 0 Å². The highest BCUT2D eigenvalue weighted by Gasteiger charge is 2.55. The fourth-order valence-corrected chi connectivity index (χ4v) is 1.51. The van der Waals surface area contributed by atoms with Crippen LogP contribution < -0.4 is 5.73 Å². The highest BCUT2D eigenvalue weighted by Crippen LogP contribution is 2.56. The molecule has 0 spiro atoms. The fourth-order valence-electron chi connectivity index (χ4n) is 1.51. The molecule has 0 aromatic heterocycles. The van der Waals surface area contributed by atoms with Crippen molar-refractivity contribution >= 4 is 0 Å². The zero-order valence-electron chi connectivity index (χ0n) is 8.49. The van der Waals surface area contributed by atoms with Crippen LogP contribution in [-0.2, 0) is 0 Å². The molecule has 1 fully saturated rings. The Hall–Kier alpha value is -0.0400. The lowest BCUT2D eigenvalue weighted by Gasteiger charge is -2.44. The van der Waals surface area contributed by atoms with Crippen LogP contribution in [0.5, 0.6) is 0 Å². The molecule has 1 nitrogen and oxygen atoms in total. The molecular weight excluding hydrogens is 134 g/mol. The Kier molecular flexibility index (Phi) is 1.65. The van der Waals surface area contributed by atoms with E-state index < -0.39 is 0 Å². The van der Waals surface area contributed by atoms with Gasteiger partial charge in [0.05, 0.1) is 0 Å². The summed E-state index contributed by atoms with van der Waals surface area (Å²) in [6.45, 7) is 11.4. The fraction of sp³-hybridized carbons (Fsp3) is 1.00. The molecule has 1 rings (SSSR count). The standard InChI is InChI=1S/C10H21N/c1-8(2,3)9(4,5)10(11)6-7-10/h6-7,11H2,1-5H3. The van der Waals surface area contributed by atoms with Gasteiger partial charge in [0.25, 0.3) is 0 Å². The van der Waals surface area contributed by atoms with E-state index in [1.54, 1.807) is 0 Å². The van der Waals surface area contributed by atoms with Gasteiger partial charge in [-0.15, -0.1) is 0 Å². The van der Waals surface area contributed by atoms with E-state index in [0.717, 1.165) is 0 Å². The van der Waals surface area contributed by atoms with Gasteiger partial charge in [-0.3, -0.25) is 0 Å². The van der Waals surface area contributed by atoms with E-state index in [0.29, 0.717) is 5.41 Å². The van der Waals surface area contributed by atoms with Gasteiger partial charge in [-0.25, -0.2) is 0 Å². The minimum absolute atomic E-state index is 0.130. The van der Waals surface area contributed by atoms with Gasteiger partial charge in [-0.05, 0) is 23.7 Å². The molecule has 0 aromatic carbocycles. The second-order valence-corrected chi connectivity index (χ2v) is 5.53. The van der Waals surface area contributed by atoms with Crippen LogP contribution in [0.15, 0.2) is 0 Å². The van der Waals surface area contributed by atoms with E-state index in [1.807, 2.05) is 0 Å². The van der Waals surface area contributed by atoms with Gasteiger partial charge in [-0.1, -0.05) is 34.6 Å². The van der Waals surface area contributed by atoms with Crippen LogP contribution in [0.2, 0.25) is 0 Å². The molecule has 0 aliphatic heterocycles. The average Bonchev–Trinajstić information content (AvgIpc) is 2.45. The molecule has 1 aliphatic carbocycles. The highest BCUT2D eigenvalue weighted by atomic mass is 14.9. The van der Waals surface area contributed by atoms with E-state index in [-0.39, 0.29) is 11.0 Å². The van der Waals surface area contributed by atoms with E-state index in [9.17, 15) is 0 Å². The zero-order valence-corrected chi connectivity index (χ0v) is 8.49. The Morgan fingerprint density at radius 3 is 1.45 bits per heavy atom. The van der Waals surface area contributed by atoms with E-state index in [2.05, 4.69) is 34.6 Å². The van der Waals surface area contributed by atoms with Crippen molar-refractivity contribution in [3.8, 4) is 0 Å².